The molecule has 100 valence electrons. The van der Waals surface area contributed by atoms with Crippen LogP contribution in [0.1, 0.15) is 5.56 Å². The van der Waals surface area contributed by atoms with Gasteiger partial charge in [-0.2, -0.15) is 0 Å². The molecule has 3 amide bonds. The first kappa shape index (κ1) is 12.4. The largest absolute Gasteiger partial charge is 0.329 e. The van der Waals surface area contributed by atoms with Crippen molar-refractivity contribution in [1.29, 1.82) is 0 Å². The molecule has 0 radical (unpaired) electrons. The summed E-state index contributed by atoms with van der Waals surface area (Å²) < 4.78 is 0. The number of urea groups is 1. The van der Waals surface area contributed by atoms with Gasteiger partial charge in [-0.05, 0) is 17.7 Å². The zero-order chi connectivity index (χ0) is 13.9. The van der Waals surface area contributed by atoms with Crippen molar-refractivity contribution in [3.8, 4) is 0 Å². The van der Waals surface area contributed by atoms with Gasteiger partial charge in [-0.1, -0.05) is 48.5 Å². The second-order valence-electron chi connectivity index (χ2n) is 4.70. The van der Waals surface area contributed by atoms with Crippen molar-refractivity contribution in [2.45, 2.75) is 12.5 Å². The lowest BCUT2D eigenvalue weighted by atomic mass is 10.1. The van der Waals surface area contributed by atoms with Crippen LogP contribution in [0.5, 0.6) is 0 Å². The SMILES string of the molecule is O=C1N[C@@H](Cc2ccccc2)C(=O)N1c1ccccc1. The summed E-state index contributed by atoms with van der Waals surface area (Å²) in [5.41, 5.74) is 1.63. The van der Waals surface area contributed by atoms with Crippen molar-refractivity contribution in [3.63, 3.8) is 0 Å². The number of imide groups is 1. The van der Waals surface area contributed by atoms with Crippen LogP contribution in [-0.2, 0) is 11.2 Å². The van der Waals surface area contributed by atoms with Crippen molar-refractivity contribution < 1.29 is 9.59 Å². The van der Waals surface area contributed by atoms with E-state index in [1.165, 1.54) is 4.90 Å². The minimum absolute atomic E-state index is 0.204. The Morgan fingerprint density at radius 3 is 2.15 bits per heavy atom. The Labute approximate surface area is 117 Å². The first-order valence-corrected chi connectivity index (χ1v) is 6.49. The lowest BCUT2D eigenvalue weighted by molar-refractivity contribution is -0.118. The Balaban J connectivity index is 1.81. The Hall–Kier alpha value is -2.62. The second-order valence-corrected chi connectivity index (χ2v) is 4.70. The molecule has 0 aliphatic carbocycles. The molecule has 1 heterocycles. The van der Waals surface area contributed by atoms with Gasteiger partial charge in [0, 0.05) is 6.42 Å². The van der Waals surface area contributed by atoms with Crippen molar-refractivity contribution in [2.75, 3.05) is 4.90 Å². The molecule has 4 nitrogen and oxygen atoms in total. The third-order valence-corrected chi connectivity index (χ3v) is 3.32. The fourth-order valence-corrected chi connectivity index (χ4v) is 2.34. The maximum atomic E-state index is 12.4. The van der Waals surface area contributed by atoms with Crippen molar-refractivity contribution >= 4 is 17.6 Å². The summed E-state index contributed by atoms with van der Waals surface area (Å²) >= 11 is 0. The molecule has 20 heavy (non-hydrogen) atoms. The lowest BCUT2D eigenvalue weighted by Gasteiger charge is -2.12. The molecule has 1 N–H and O–H groups in total. The highest BCUT2D eigenvalue weighted by Gasteiger charge is 2.38. The quantitative estimate of drug-likeness (QED) is 0.867. The highest BCUT2D eigenvalue weighted by molar-refractivity contribution is 6.21. The average molecular weight is 266 g/mol. The van der Waals surface area contributed by atoms with Crippen LogP contribution in [0, 0.1) is 0 Å². The van der Waals surface area contributed by atoms with Crippen molar-refractivity contribution in [1.82, 2.24) is 5.32 Å². The fraction of sp³-hybridized carbons (Fsp3) is 0.125. The summed E-state index contributed by atoms with van der Waals surface area (Å²) in [5.74, 6) is -0.204. The van der Waals surface area contributed by atoms with Crippen LogP contribution in [0.3, 0.4) is 0 Å². The zero-order valence-electron chi connectivity index (χ0n) is 10.8. The van der Waals surface area contributed by atoms with Gasteiger partial charge in [-0.3, -0.25) is 4.79 Å². The van der Waals surface area contributed by atoms with E-state index in [0.29, 0.717) is 12.1 Å². The van der Waals surface area contributed by atoms with Crippen LogP contribution in [0.25, 0.3) is 0 Å². The van der Waals surface area contributed by atoms with E-state index in [2.05, 4.69) is 5.32 Å². The monoisotopic (exact) mass is 266 g/mol. The molecule has 0 spiro atoms. The maximum absolute atomic E-state index is 12.4. The van der Waals surface area contributed by atoms with Crippen LogP contribution in [-0.4, -0.2) is 18.0 Å². The normalized spacial score (nSPS) is 18.2. The highest BCUT2D eigenvalue weighted by Crippen LogP contribution is 2.20. The number of rotatable bonds is 3. The third kappa shape index (κ3) is 2.28. The molecular formula is C16H14N2O2. The first-order valence-electron chi connectivity index (χ1n) is 6.49. The van der Waals surface area contributed by atoms with E-state index in [-0.39, 0.29) is 11.9 Å². The van der Waals surface area contributed by atoms with E-state index in [1.807, 2.05) is 36.4 Å². The first-order chi connectivity index (χ1) is 9.75. The number of nitrogens with one attached hydrogen (secondary N) is 1. The van der Waals surface area contributed by atoms with Gasteiger partial charge in [-0.15, -0.1) is 0 Å². The van der Waals surface area contributed by atoms with Crippen molar-refractivity contribution in [3.05, 3.63) is 66.2 Å². The van der Waals surface area contributed by atoms with E-state index in [9.17, 15) is 9.59 Å². The van der Waals surface area contributed by atoms with Crippen LogP contribution in [0.15, 0.2) is 60.7 Å². The topological polar surface area (TPSA) is 49.4 Å². The number of anilines is 1. The molecule has 2 aromatic rings. The number of benzene rings is 2. The van der Waals surface area contributed by atoms with Gasteiger partial charge >= 0.3 is 6.03 Å². The standard InChI is InChI=1S/C16H14N2O2/c19-15-14(11-12-7-3-1-4-8-12)17-16(20)18(15)13-9-5-2-6-10-13/h1-10,14H,11H2,(H,17,20)/t14-/m0/s1. The number of hydrogen-bond acceptors (Lipinski definition) is 2. The van der Waals surface area contributed by atoms with Crippen LogP contribution >= 0.6 is 0 Å². The van der Waals surface area contributed by atoms with Crippen LogP contribution in [0.2, 0.25) is 0 Å². The molecule has 2 aromatic carbocycles. The molecule has 1 aliphatic rings. The molecule has 1 aliphatic heterocycles. The molecular weight excluding hydrogens is 252 g/mol. The lowest BCUT2D eigenvalue weighted by Crippen LogP contribution is -2.32. The summed E-state index contributed by atoms with van der Waals surface area (Å²) in [6, 6.07) is 17.8. The number of para-hydroxylation sites is 1. The summed E-state index contributed by atoms with van der Waals surface area (Å²) in [5, 5.41) is 2.74. The number of carbonyl (C=O) groups is 2. The van der Waals surface area contributed by atoms with Crippen LogP contribution in [0.4, 0.5) is 10.5 Å². The molecule has 1 saturated heterocycles. The summed E-state index contributed by atoms with van der Waals surface area (Å²) in [4.78, 5) is 25.5. The van der Waals surface area contributed by atoms with E-state index in [1.54, 1.807) is 24.3 Å². The number of nitrogens with zero attached hydrogens (tertiary/aromatic N) is 1. The molecule has 1 fully saturated rings. The molecule has 0 unspecified atom stereocenters. The van der Waals surface area contributed by atoms with Crippen molar-refractivity contribution in [2.24, 2.45) is 0 Å². The molecule has 0 aromatic heterocycles. The maximum Gasteiger partial charge on any atom is 0.329 e. The number of carbonyl (C=O) groups excluding carboxylic acids is 2. The smallest absolute Gasteiger partial charge is 0.325 e. The Bertz CT molecular complexity index is 625. The molecule has 0 saturated carbocycles. The van der Waals surface area contributed by atoms with E-state index >= 15 is 0 Å². The predicted molar refractivity (Wildman–Crippen MR) is 76.4 cm³/mol. The van der Waals surface area contributed by atoms with Gasteiger partial charge in [0.2, 0.25) is 0 Å². The molecule has 3 rings (SSSR count). The minimum Gasteiger partial charge on any atom is -0.325 e. The number of amides is 3. The summed E-state index contributed by atoms with van der Waals surface area (Å²) in [6.45, 7) is 0. The highest BCUT2D eigenvalue weighted by atomic mass is 16.2. The average Bonchev–Trinajstić information content (AvgIpc) is 2.75. The molecule has 0 bridgehead atoms. The zero-order valence-corrected chi connectivity index (χ0v) is 10.8. The van der Waals surface area contributed by atoms with Crippen LogP contribution < -0.4 is 10.2 Å². The molecule has 1 atom stereocenters. The predicted octanol–water partition coefficient (Wildman–Crippen LogP) is 2.35. The van der Waals surface area contributed by atoms with Gasteiger partial charge in [0.15, 0.2) is 0 Å². The second kappa shape index (κ2) is 5.17. The Morgan fingerprint density at radius 2 is 1.50 bits per heavy atom. The van der Waals surface area contributed by atoms with Gasteiger partial charge < -0.3 is 5.32 Å². The van der Waals surface area contributed by atoms with E-state index < -0.39 is 6.04 Å². The Kier molecular flexibility index (Phi) is 3.21. The number of hydrogen-bond donors (Lipinski definition) is 1. The Morgan fingerprint density at radius 1 is 0.900 bits per heavy atom. The van der Waals surface area contributed by atoms with Gasteiger partial charge in [-0.25, -0.2) is 9.69 Å². The van der Waals surface area contributed by atoms with Gasteiger partial charge in [0.1, 0.15) is 6.04 Å². The summed E-state index contributed by atoms with van der Waals surface area (Å²) in [7, 11) is 0. The molecule has 4 heteroatoms. The van der Waals surface area contributed by atoms with E-state index in [0.717, 1.165) is 5.56 Å². The van der Waals surface area contributed by atoms with Gasteiger partial charge in [0.05, 0.1) is 5.69 Å². The van der Waals surface area contributed by atoms with Gasteiger partial charge in [0.25, 0.3) is 5.91 Å². The summed E-state index contributed by atoms with van der Waals surface area (Å²) in [6.07, 6.45) is 0.509. The van der Waals surface area contributed by atoms with E-state index in [4.69, 9.17) is 0 Å². The third-order valence-electron chi connectivity index (χ3n) is 3.32. The minimum atomic E-state index is -0.495. The fourth-order valence-electron chi connectivity index (χ4n) is 2.34.